The molecule has 0 bridgehead atoms. The molecule has 3 amide bonds. The van der Waals surface area contributed by atoms with Gasteiger partial charge in [0.2, 0.25) is 5.91 Å². The maximum Gasteiger partial charge on any atom is 0.294 e. The third-order valence-corrected chi connectivity index (χ3v) is 5.34. The number of hydrogen-bond donors (Lipinski definition) is 1. The maximum absolute atomic E-state index is 12.5. The molecule has 10 heteroatoms. The lowest BCUT2D eigenvalue weighted by Gasteiger charge is -2.13. The number of halogens is 1. The number of benzene rings is 2. The fourth-order valence-corrected chi connectivity index (χ4v) is 3.66. The number of nitro benzene ring substituents is 1. The molecule has 0 atom stereocenters. The monoisotopic (exact) mass is 461 g/mol. The predicted molar refractivity (Wildman–Crippen MR) is 109 cm³/mol. The molecule has 2 aromatic rings. The first kappa shape index (κ1) is 19.8. The Balaban J connectivity index is 1.76. The van der Waals surface area contributed by atoms with Crippen LogP contribution in [0.1, 0.15) is 5.56 Å². The second-order valence-electron chi connectivity index (χ2n) is 5.61. The summed E-state index contributed by atoms with van der Waals surface area (Å²) in [6.07, 6.45) is 1.29. The molecule has 0 aliphatic carbocycles. The van der Waals surface area contributed by atoms with E-state index in [1.807, 2.05) is 0 Å². The highest BCUT2D eigenvalue weighted by atomic mass is 79.9. The Morgan fingerprint density at radius 1 is 1.18 bits per heavy atom. The van der Waals surface area contributed by atoms with E-state index in [2.05, 4.69) is 21.2 Å². The Morgan fingerprint density at radius 3 is 2.57 bits per heavy atom. The SMILES string of the molecule is O=C(CN1C(=O)S/C(=C/c2ccccc2[N+](=O)[O-])C1=O)Nc1ccccc1Br. The van der Waals surface area contributed by atoms with Gasteiger partial charge in [-0.3, -0.25) is 29.4 Å². The van der Waals surface area contributed by atoms with E-state index < -0.39 is 28.5 Å². The van der Waals surface area contributed by atoms with Crippen LogP contribution >= 0.6 is 27.7 Å². The first-order valence-electron chi connectivity index (χ1n) is 7.90. The Bertz CT molecular complexity index is 1020. The van der Waals surface area contributed by atoms with Crippen molar-refractivity contribution in [3.05, 3.63) is 73.6 Å². The number of nitro groups is 1. The average molecular weight is 462 g/mol. The molecule has 0 aromatic heterocycles. The van der Waals surface area contributed by atoms with Gasteiger partial charge in [-0.2, -0.15) is 0 Å². The van der Waals surface area contributed by atoms with Crippen LogP contribution in [0.2, 0.25) is 0 Å². The van der Waals surface area contributed by atoms with Gasteiger partial charge in [0.1, 0.15) is 6.54 Å². The number of carbonyl (C=O) groups is 3. The smallest absolute Gasteiger partial charge is 0.294 e. The predicted octanol–water partition coefficient (Wildman–Crippen LogP) is 4.03. The van der Waals surface area contributed by atoms with Gasteiger partial charge in [-0.25, -0.2) is 0 Å². The highest BCUT2D eigenvalue weighted by Crippen LogP contribution is 2.33. The largest absolute Gasteiger partial charge is 0.324 e. The first-order valence-corrected chi connectivity index (χ1v) is 9.51. The number of thioether (sulfide) groups is 1. The molecule has 1 N–H and O–H groups in total. The number of anilines is 1. The van der Waals surface area contributed by atoms with E-state index in [1.54, 1.807) is 30.3 Å². The van der Waals surface area contributed by atoms with Crippen molar-refractivity contribution in [2.75, 3.05) is 11.9 Å². The van der Waals surface area contributed by atoms with E-state index in [1.165, 1.54) is 24.3 Å². The van der Waals surface area contributed by atoms with Crippen LogP contribution in [0.4, 0.5) is 16.2 Å². The topological polar surface area (TPSA) is 110 Å². The second kappa shape index (κ2) is 8.36. The van der Waals surface area contributed by atoms with E-state index in [0.717, 1.165) is 4.90 Å². The molecule has 1 aliphatic rings. The van der Waals surface area contributed by atoms with Crippen molar-refractivity contribution in [2.45, 2.75) is 0 Å². The van der Waals surface area contributed by atoms with Gasteiger partial charge in [0.25, 0.3) is 16.8 Å². The highest BCUT2D eigenvalue weighted by molar-refractivity contribution is 9.10. The van der Waals surface area contributed by atoms with Crippen molar-refractivity contribution >= 4 is 62.2 Å². The number of imide groups is 1. The van der Waals surface area contributed by atoms with Crippen LogP contribution in [0, 0.1) is 10.1 Å². The Morgan fingerprint density at radius 2 is 1.86 bits per heavy atom. The Hall–Kier alpha value is -2.98. The summed E-state index contributed by atoms with van der Waals surface area (Å²) in [4.78, 5) is 48.3. The molecule has 1 heterocycles. The van der Waals surface area contributed by atoms with E-state index in [0.29, 0.717) is 21.9 Å². The zero-order valence-electron chi connectivity index (χ0n) is 14.1. The normalized spacial score (nSPS) is 15.2. The zero-order chi connectivity index (χ0) is 20.3. The summed E-state index contributed by atoms with van der Waals surface area (Å²) in [5.41, 5.74) is 0.534. The molecule has 0 spiro atoms. The van der Waals surface area contributed by atoms with Gasteiger partial charge < -0.3 is 5.32 Å². The van der Waals surface area contributed by atoms with Gasteiger partial charge >= 0.3 is 0 Å². The van der Waals surface area contributed by atoms with Crippen molar-refractivity contribution in [3.8, 4) is 0 Å². The first-order chi connectivity index (χ1) is 13.4. The number of nitrogens with zero attached hydrogens (tertiary/aromatic N) is 2. The number of rotatable bonds is 5. The highest BCUT2D eigenvalue weighted by Gasteiger charge is 2.36. The van der Waals surface area contributed by atoms with Crippen molar-refractivity contribution in [1.82, 2.24) is 4.90 Å². The number of nitrogens with one attached hydrogen (secondary N) is 1. The molecular weight excluding hydrogens is 450 g/mol. The summed E-state index contributed by atoms with van der Waals surface area (Å²) >= 11 is 3.93. The van der Waals surface area contributed by atoms with Gasteiger partial charge in [0.15, 0.2) is 0 Å². The van der Waals surface area contributed by atoms with Crippen LogP contribution < -0.4 is 5.32 Å². The third-order valence-electron chi connectivity index (χ3n) is 3.74. The molecule has 0 saturated carbocycles. The minimum atomic E-state index is -0.671. The van der Waals surface area contributed by atoms with Gasteiger partial charge in [0.05, 0.1) is 21.1 Å². The standard InChI is InChI=1S/C18H12BrN3O5S/c19-12-6-2-3-7-13(12)20-16(23)10-21-17(24)15(28-18(21)25)9-11-5-1-4-8-14(11)22(26)27/h1-9H,10H2,(H,20,23)/b15-9+. The molecule has 3 rings (SSSR count). The lowest BCUT2D eigenvalue weighted by Crippen LogP contribution is -2.36. The molecule has 28 heavy (non-hydrogen) atoms. The summed E-state index contributed by atoms with van der Waals surface area (Å²) in [5.74, 6) is -1.21. The molecule has 0 unspecified atom stereocenters. The maximum atomic E-state index is 12.5. The molecule has 1 saturated heterocycles. The molecule has 2 aromatic carbocycles. The lowest BCUT2D eigenvalue weighted by atomic mass is 10.1. The van der Waals surface area contributed by atoms with Gasteiger partial charge in [-0.15, -0.1) is 0 Å². The lowest BCUT2D eigenvalue weighted by molar-refractivity contribution is -0.385. The quantitative estimate of drug-likeness (QED) is 0.408. The van der Waals surface area contributed by atoms with Gasteiger partial charge in [0, 0.05) is 10.5 Å². The minimum Gasteiger partial charge on any atom is -0.324 e. The molecule has 142 valence electrons. The molecule has 1 fully saturated rings. The van der Waals surface area contributed by atoms with E-state index in [4.69, 9.17) is 0 Å². The second-order valence-corrected chi connectivity index (χ2v) is 7.46. The summed E-state index contributed by atoms with van der Waals surface area (Å²) in [5, 5.41) is 13.1. The van der Waals surface area contributed by atoms with Crippen LogP contribution in [0.5, 0.6) is 0 Å². The van der Waals surface area contributed by atoms with E-state index in [-0.39, 0.29) is 16.2 Å². The molecule has 0 radical (unpaired) electrons. The van der Waals surface area contributed by atoms with E-state index in [9.17, 15) is 24.5 Å². The van der Waals surface area contributed by atoms with Gasteiger partial charge in [-0.05, 0) is 52.0 Å². The molecule has 8 nitrogen and oxygen atoms in total. The van der Waals surface area contributed by atoms with Crippen LogP contribution in [-0.2, 0) is 9.59 Å². The fourth-order valence-electron chi connectivity index (χ4n) is 2.45. The van der Waals surface area contributed by atoms with Crippen molar-refractivity contribution in [1.29, 1.82) is 0 Å². The number of carbonyl (C=O) groups excluding carboxylic acids is 3. The number of hydrogen-bond acceptors (Lipinski definition) is 6. The Kier molecular flexibility index (Phi) is 5.90. The van der Waals surface area contributed by atoms with Crippen LogP contribution in [0.3, 0.4) is 0 Å². The summed E-state index contributed by atoms with van der Waals surface area (Å²) < 4.78 is 0.661. The summed E-state index contributed by atoms with van der Waals surface area (Å²) in [6, 6.07) is 12.8. The van der Waals surface area contributed by atoms with Crippen molar-refractivity contribution in [2.24, 2.45) is 0 Å². The van der Waals surface area contributed by atoms with E-state index >= 15 is 0 Å². The Labute approximate surface area is 171 Å². The zero-order valence-corrected chi connectivity index (χ0v) is 16.5. The summed E-state index contributed by atoms with van der Waals surface area (Å²) in [7, 11) is 0. The third kappa shape index (κ3) is 4.29. The minimum absolute atomic E-state index is 0.0213. The van der Waals surface area contributed by atoms with Crippen molar-refractivity contribution < 1.29 is 19.3 Å². The molecular formula is C18H12BrN3O5S. The van der Waals surface area contributed by atoms with Crippen LogP contribution in [0.25, 0.3) is 6.08 Å². The van der Waals surface area contributed by atoms with Gasteiger partial charge in [-0.1, -0.05) is 24.3 Å². The number of amides is 3. The number of para-hydroxylation sites is 2. The van der Waals surface area contributed by atoms with Crippen molar-refractivity contribution in [3.63, 3.8) is 0 Å². The average Bonchev–Trinajstić information content (AvgIpc) is 2.91. The summed E-state index contributed by atoms with van der Waals surface area (Å²) in [6.45, 7) is -0.458. The van der Waals surface area contributed by atoms with Crippen LogP contribution in [-0.4, -0.2) is 33.4 Å². The van der Waals surface area contributed by atoms with Crippen LogP contribution in [0.15, 0.2) is 57.9 Å². The molecule has 1 aliphatic heterocycles. The fraction of sp³-hybridized carbons (Fsp3) is 0.0556.